The van der Waals surface area contributed by atoms with Crippen molar-refractivity contribution in [2.45, 2.75) is 50.7 Å². The number of carbonyl (C=O) groups is 2. The first-order valence-corrected chi connectivity index (χ1v) is 14.0. The van der Waals surface area contributed by atoms with E-state index in [0.717, 1.165) is 34.1 Å². The highest BCUT2D eigenvalue weighted by Crippen LogP contribution is 2.25. The lowest BCUT2D eigenvalue weighted by Gasteiger charge is -2.32. The van der Waals surface area contributed by atoms with Crippen molar-refractivity contribution >= 4 is 39.1 Å². The van der Waals surface area contributed by atoms with Crippen molar-refractivity contribution in [3.8, 4) is 0 Å². The maximum atomic E-state index is 13.8. The highest BCUT2D eigenvalue weighted by molar-refractivity contribution is 7.92. The highest BCUT2D eigenvalue weighted by Gasteiger charge is 2.32. The lowest BCUT2D eigenvalue weighted by Crippen LogP contribution is -2.52. The largest absolute Gasteiger partial charge is 0.352 e. The quantitative estimate of drug-likeness (QED) is 0.358. The van der Waals surface area contributed by atoms with E-state index >= 15 is 0 Å². The average molecular weight is 560 g/mol. The number of nitrogens with one attached hydrogen (secondary N) is 1. The van der Waals surface area contributed by atoms with Crippen LogP contribution in [0, 0.1) is 5.82 Å². The number of hydrogen-bond donors (Lipinski definition) is 1. The van der Waals surface area contributed by atoms with Crippen molar-refractivity contribution in [3.05, 3.63) is 95.3 Å². The number of hydrogen-bond acceptors (Lipinski definition) is 4. The molecule has 0 heterocycles. The lowest BCUT2D eigenvalue weighted by molar-refractivity contribution is -0.139. The normalized spacial score (nSPS) is 12.9. The molecule has 10 heteroatoms. The third-order valence-corrected chi connectivity index (χ3v) is 8.20. The summed E-state index contributed by atoms with van der Waals surface area (Å²) in [7, 11) is -4.25. The number of carbonyl (C=O) groups excluding carboxylic acids is 2. The second kappa shape index (κ2) is 12.9. The summed E-state index contributed by atoms with van der Waals surface area (Å²) in [6, 6.07) is 18.4. The average Bonchev–Trinajstić information content (AvgIpc) is 2.91. The van der Waals surface area contributed by atoms with Gasteiger partial charge in [0.15, 0.2) is 0 Å². The molecule has 2 amide bonds. The second-order valence-electron chi connectivity index (χ2n) is 8.94. The van der Waals surface area contributed by atoms with E-state index in [1.165, 1.54) is 4.90 Å². The molecule has 0 unspecified atom stereocenters. The molecule has 3 aromatic rings. The zero-order valence-electron chi connectivity index (χ0n) is 21.5. The van der Waals surface area contributed by atoms with Crippen molar-refractivity contribution in [2.24, 2.45) is 0 Å². The Bertz CT molecular complexity index is 1340. The lowest BCUT2D eigenvalue weighted by atomic mass is 10.1. The van der Waals surface area contributed by atoms with E-state index in [2.05, 4.69) is 5.32 Å². The van der Waals surface area contributed by atoms with Gasteiger partial charge in [-0.1, -0.05) is 48.9 Å². The molecule has 0 spiro atoms. The Labute approximate surface area is 228 Å². The fraction of sp³-hybridized carbons (Fsp3) is 0.286. The van der Waals surface area contributed by atoms with Gasteiger partial charge in [-0.2, -0.15) is 0 Å². The molecule has 3 rings (SSSR count). The Morgan fingerprint density at radius 3 is 2.13 bits per heavy atom. The van der Waals surface area contributed by atoms with Gasteiger partial charge in [-0.25, -0.2) is 12.8 Å². The van der Waals surface area contributed by atoms with E-state index in [1.807, 2.05) is 13.8 Å². The van der Waals surface area contributed by atoms with Gasteiger partial charge < -0.3 is 10.2 Å². The van der Waals surface area contributed by atoms with Crippen LogP contribution in [-0.2, 0) is 26.2 Å². The topological polar surface area (TPSA) is 86.8 Å². The molecule has 0 fully saturated rings. The molecular formula is C28H31ClFN3O4S. The van der Waals surface area contributed by atoms with Gasteiger partial charge in [0.25, 0.3) is 10.0 Å². The van der Waals surface area contributed by atoms with E-state index in [4.69, 9.17) is 11.6 Å². The summed E-state index contributed by atoms with van der Waals surface area (Å²) >= 11 is 6.01. The van der Waals surface area contributed by atoms with Crippen molar-refractivity contribution in [3.63, 3.8) is 0 Å². The van der Waals surface area contributed by atoms with Crippen LogP contribution in [0.5, 0.6) is 0 Å². The third-order valence-electron chi connectivity index (χ3n) is 6.16. The Hall–Kier alpha value is -3.43. The highest BCUT2D eigenvalue weighted by atomic mass is 35.5. The van der Waals surface area contributed by atoms with Gasteiger partial charge in [0.05, 0.1) is 10.6 Å². The molecule has 0 aromatic heterocycles. The summed E-state index contributed by atoms with van der Waals surface area (Å²) in [5.74, 6) is -1.52. The Kier molecular flexibility index (Phi) is 9.88. The van der Waals surface area contributed by atoms with Gasteiger partial charge in [-0.05, 0) is 74.4 Å². The molecule has 0 radical (unpaired) electrons. The van der Waals surface area contributed by atoms with Gasteiger partial charge in [-0.15, -0.1) is 0 Å². The molecule has 0 saturated carbocycles. The zero-order valence-corrected chi connectivity index (χ0v) is 23.0. The molecule has 0 saturated heterocycles. The van der Waals surface area contributed by atoms with Crippen LogP contribution in [-0.4, -0.2) is 43.8 Å². The SMILES string of the molecule is CC[C@H](C)NC(=O)[C@@H](C)N(Cc1ccc(Cl)cc1)C(=O)CN(c1ccccc1)S(=O)(=O)c1ccc(F)cc1. The predicted molar refractivity (Wildman–Crippen MR) is 147 cm³/mol. The van der Waals surface area contributed by atoms with Crippen LogP contribution in [0.15, 0.2) is 83.8 Å². The van der Waals surface area contributed by atoms with Gasteiger partial charge in [-0.3, -0.25) is 13.9 Å². The minimum Gasteiger partial charge on any atom is -0.352 e. The Balaban J connectivity index is 1.99. The van der Waals surface area contributed by atoms with E-state index in [9.17, 15) is 22.4 Å². The fourth-order valence-electron chi connectivity index (χ4n) is 3.69. The van der Waals surface area contributed by atoms with Gasteiger partial charge in [0.2, 0.25) is 11.8 Å². The Morgan fingerprint density at radius 1 is 0.947 bits per heavy atom. The molecule has 7 nitrogen and oxygen atoms in total. The second-order valence-corrected chi connectivity index (χ2v) is 11.2. The summed E-state index contributed by atoms with van der Waals surface area (Å²) < 4.78 is 41.7. The molecule has 0 bridgehead atoms. The summed E-state index contributed by atoms with van der Waals surface area (Å²) in [6.45, 7) is 4.89. The zero-order chi connectivity index (χ0) is 27.9. The monoisotopic (exact) mass is 559 g/mol. The fourth-order valence-corrected chi connectivity index (χ4v) is 5.23. The smallest absolute Gasteiger partial charge is 0.264 e. The van der Waals surface area contributed by atoms with Crippen LogP contribution in [0.3, 0.4) is 0 Å². The first-order valence-electron chi connectivity index (χ1n) is 12.2. The van der Waals surface area contributed by atoms with Crippen LogP contribution < -0.4 is 9.62 Å². The van der Waals surface area contributed by atoms with Crippen LogP contribution in [0.25, 0.3) is 0 Å². The molecule has 0 aliphatic heterocycles. The molecule has 3 aromatic carbocycles. The number of sulfonamides is 1. The van der Waals surface area contributed by atoms with Crippen LogP contribution in [0.4, 0.5) is 10.1 Å². The summed E-state index contributed by atoms with van der Waals surface area (Å²) in [5.41, 5.74) is 0.979. The minimum absolute atomic E-state index is 0.0598. The van der Waals surface area contributed by atoms with Crippen molar-refractivity contribution in [1.29, 1.82) is 0 Å². The molecule has 1 N–H and O–H groups in total. The van der Waals surface area contributed by atoms with E-state index in [0.29, 0.717) is 11.4 Å². The molecule has 2 atom stereocenters. The number of anilines is 1. The molecule has 38 heavy (non-hydrogen) atoms. The van der Waals surface area contributed by atoms with Crippen molar-refractivity contribution in [1.82, 2.24) is 10.2 Å². The van der Waals surface area contributed by atoms with Crippen LogP contribution >= 0.6 is 11.6 Å². The van der Waals surface area contributed by atoms with Gasteiger partial charge >= 0.3 is 0 Å². The standard InChI is InChI=1S/C28H31ClFN3O4S/c1-4-20(2)31-28(35)21(3)32(18-22-10-12-23(29)13-11-22)27(34)19-33(25-8-6-5-7-9-25)38(36,37)26-16-14-24(30)15-17-26/h5-17,20-21H,4,18-19H2,1-3H3,(H,31,35)/t20-,21+/m0/s1. The summed E-state index contributed by atoms with van der Waals surface area (Å²) in [4.78, 5) is 28.0. The first kappa shape index (κ1) is 29.1. The van der Waals surface area contributed by atoms with E-state index < -0.39 is 34.3 Å². The van der Waals surface area contributed by atoms with Crippen molar-refractivity contribution < 1.29 is 22.4 Å². The van der Waals surface area contributed by atoms with Crippen LogP contribution in [0.2, 0.25) is 5.02 Å². The summed E-state index contributed by atoms with van der Waals surface area (Å²) in [5, 5.41) is 3.41. The van der Waals surface area contributed by atoms with Gasteiger partial charge in [0, 0.05) is 17.6 Å². The number of halogens is 2. The number of rotatable bonds is 11. The Morgan fingerprint density at radius 2 is 1.55 bits per heavy atom. The first-order chi connectivity index (χ1) is 18.0. The number of para-hydroxylation sites is 1. The maximum Gasteiger partial charge on any atom is 0.264 e. The third kappa shape index (κ3) is 7.33. The number of benzene rings is 3. The molecule has 0 aliphatic rings. The number of amides is 2. The van der Waals surface area contributed by atoms with E-state index in [-0.39, 0.29) is 29.1 Å². The summed E-state index contributed by atoms with van der Waals surface area (Å²) in [6.07, 6.45) is 0.710. The minimum atomic E-state index is -4.25. The predicted octanol–water partition coefficient (Wildman–Crippen LogP) is 5.01. The molecular weight excluding hydrogens is 529 g/mol. The molecule has 202 valence electrons. The van der Waals surface area contributed by atoms with E-state index in [1.54, 1.807) is 61.5 Å². The van der Waals surface area contributed by atoms with Gasteiger partial charge in [0.1, 0.15) is 18.4 Å². The number of nitrogens with zero attached hydrogens (tertiary/aromatic N) is 2. The molecule has 0 aliphatic carbocycles. The van der Waals surface area contributed by atoms with Crippen molar-refractivity contribution in [2.75, 3.05) is 10.8 Å². The van der Waals surface area contributed by atoms with Crippen LogP contribution in [0.1, 0.15) is 32.8 Å². The maximum absolute atomic E-state index is 13.8.